The maximum atomic E-state index is 5.85. The van der Waals surface area contributed by atoms with Crippen molar-refractivity contribution in [3.05, 3.63) is 0 Å². The van der Waals surface area contributed by atoms with E-state index < -0.39 is 0 Å². The van der Waals surface area contributed by atoms with Gasteiger partial charge in [0.25, 0.3) is 0 Å². The average molecular weight is 473 g/mol. The SMILES string of the molecule is CCCOCCOCC(CBr)(COCCOCCC)COCCOCCOC. The summed E-state index contributed by atoms with van der Waals surface area (Å²) in [5.41, 5.74) is -0.262. The molecule has 0 N–H and O–H groups in total. The van der Waals surface area contributed by atoms with Gasteiger partial charge in [-0.25, -0.2) is 0 Å². The van der Waals surface area contributed by atoms with Gasteiger partial charge in [0.2, 0.25) is 0 Å². The van der Waals surface area contributed by atoms with Gasteiger partial charge in [-0.05, 0) is 12.8 Å². The van der Waals surface area contributed by atoms with Gasteiger partial charge in [0.15, 0.2) is 0 Å². The molecule has 0 aliphatic heterocycles. The molecule has 0 aromatic heterocycles. The molecule has 7 nitrogen and oxygen atoms in total. The van der Waals surface area contributed by atoms with Crippen LogP contribution >= 0.6 is 15.9 Å². The molecule has 0 rings (SSSR count). The van der Waals surface area contributed by atoms with E-state index in [1.807, 2.05) is 0 Å². The molecule has 0 saturated heterocycles. The molecule has 28 heavy (non-hydrogen) atoms. The van der Waals surface area contributed by atoms with Crippen LogP contribution in [0, 0.1) is 5.41 Å². The first-order valence-corrected chi connectivity index (χ1v) is 11.4. The lowest BCUT2D eigenvalue weighted by atomic mass is 9.94. The van der Waals surface area contributed by atoms with Crippen LogP contribution in [0.5, 0.6) is 0 Å². The summed E-state index contributed by atoms with van der Waals surface area (Å²) in [6, 6.07) is 0. The van der Waals surface area contributed by atoms with Gasteiger partial charge in [0, 0.05) is 25.7 Å². The largest absolute Gasteiger partial charge is 0.382 e. The fraction of sp³-hybridized carbons (Fsp3) is 1.00. The molecule has 170 valence electrons. The Kier molecular flexibility index (Phi) is 22.1. The van der Waals surface area contributed by atoms with Crippen LogP contribution < -0.4 is 0 Å². The Bertz CT molecular complexity index is 292. The van der Waals surface area contributed by atoms with Crippen molar-refractivity contribution in [2.75, 3.05) is 98.3 Å². The standard InChI is InChI=1S/C20H41BrO7/c1-4-6-23-10-13-26-17-20(16-21,18-27-14-11-24-7-5-2)19-28-15-12-25-9-8-22-3/h4-19H2,1-3H3. The molecular weight excluding hydrogens is 432 g/mol. The molecule has 0 spiro atoms. The highest BCUT2D eigenvalue weighted by atomic mass is 79.9. The Labute approximate surface area is 179 Å². The summed E-state index contributed by atoms with van der Waals surface area (Å²) < 4.78 is 38.9. The Morgan fingerprint density at radius 3 is 1.25 bits per heavy atom. The zero-order valence-electron chi connectivity index (χ0n) is 18.0. The van der Waals surface area contributed by atoms with Crippen molar-refractivity contribution in [2.24, 2.45) is 5.41 Å². The Hall–Kier alpha value is 0.200. The third kappa shape index (κ3) is 17.1. The molecule has 0 aromatic rings. The summed E-state index contributed by atoms with van der Waals surface area (Å²) in [5, 5.41) is 0.718. The summed E-state index contributed by atoms with van der Waals surface area (Å²) in [6.07, 6.45) is 2.03. The van der Waals surface area contributed by atoms with Crippen molar-refractivity contribution in [3.63, 3.8) is 0 Å². The van der Waals surface area contributed by atoms with Crippen LogP contribution in [-0.2, 0) is 33.2 Å². The van der Waals surface area contributed by atoms with Crippen LogP contribution in [0.4, 0.5) is 0 Å². The summed E-state index contributed by atoms with van der Waals surface area (Å²) in [6.45, 7) is 11.9. The molecule has 0 heterocycles. The molecule has 0 aromatic carbocycles. The molecule has 0 amide bonds. The molecule has 0 fully saturated rings. The normalized spacial score (nSPS) is 12.0. The van der Waals surface area contributed by atoms with Crippen LogP contribution in [-0.4, -0.2) is 98.3 Å². The van der Waals surface area contributed by atoms with Crippen molar-refractivity contribution < 1.29 is 33.2 Å². The zero-order chi connectivity index (χ0) is 20.8. The number of hydrogen-bond acceptors (Lipinski definition) is 7. The van der Waals surface area contributed by atoms with E-state index >= 15 is 0 Å². The van der Waals surface area contributed by atoms with Crippen LogP contribution in [0.3, 0.4) is 0 Å². The minimum absolute atomic E-state index is 0.262. The van der Waals surface area contributed by atoms with Crippen molar-refractivity contribution in [1.29, 1.82) is 0 Å². The summed E-state index contributed by atoms with van der Waals surface area (Å²) >= 11 is 3.61. The fourth-order valence-corrected chi connectivity index (χ4v) is 2.68. The van der Waals surface area contributed by atoms with E-state index in [0.29, 0.717) is 72.7 Å². The topological polar surface area (TPSA) is 64.6 Å². The van der Waals surface area contributed by atoms with Gasteiger partial charge < -0.3 is 33.2 Å². The molecule has 0 atom stereocenters. The highest BCUT2D eigenvalue weighted by Crippen LogP contribution is 2.22. The molecule has 0 radical (unpaired) electrons. The monoisotopic (exact) mass is 472 g/mol. The van der Waals surface area contributed by atoms with Gasteiger partial charge in [-0.1, -0.05) is 29.8 Å². The first kappa shape index (κ1) is 28.2. The van der Waals surface area contributed by atoms with Gasteiger partial charge in [0.1, 0.15) is 0 Å². The Morgan fingerprint density at radius 2 is 0.893 bits per heavy atom. The predicted molar refractivity (Wildman–Crippen MR) is 114 cm³/mol. The number of hydrogen-bond donors (Lipinski definition) is 0. The highest BCUT2D eigenvalue weighted by Gasteiger charge is 2.30. The smallest absolute Gasteiger partial charge is 0.0701 e. The number of rotatable bonds is 23. The maximum Gasteiger partial charge on any atom is 0.0701 e. The molecular formula is C20H41BrO7. The van der Waals surface area contributed by atoms with Crippen molar-refractivity contribution in [1.82, 2.24) is 0 Å². The van der Waals surface area contributed by atoms with Gasteiger partial charge in [-0.15, -0.1) is 0 Å². The van der Waals surface area contributed by atoms with E-state index in [9.17, 15) is 0 Å². The fourth-order valence-electron chi connectivity index (χ4n) is 2.20. The lowest BCUT2D eigenvalue weighted by Gasteiger charge is -2.31. The van der Waals surface area contributed by atoms with Crippen LogP contribution in [0.2, 0.25) is 0 Å². The Balaban J connectivity index is 4.22. The second-order valence-electron chi connectivity index (χ2n) is 6.62. The first-order valence-electron chi connectivity index (χ1n) is 10.3. The molecule has 0 saturated carbocycles. The molecule has 0 aliphatic rings. The number of halogens is 1. The van der Waals surface area contributed by atoms with Crippen molar-refractivity contribution in [2.45, 2.75) is 26.7 Å². The first-order chi connectivity index (χ1) is 13.7. The second-order valence-corrected chi connectivity index (χ2v) is 7.18. The van der Waals surface area contributed by atoms with E-state index in [1.54, 1.807) is 7.11 Å². The number of ether oxygens (including phenoxy) is 7. The van der Waals surface area contributed by atoms with Gasteiger partial charge in [-0.2, -0.15) is 0 Å². The van der Waals surface area contributed by atoms with E-state index in [-0.39, 0.29) is 5.41 Å². The van der Waals surface area contributed by atoms with Gasteiger partial charge >= 0.3 is 0 Å². The third-order valence-electron chi connectivity index (χ3n) is 3.75. The molecule has 8 heteroatoms. The predicted octanol–water partition coefficient (Wildman–Crippen LogP) is 2.93. The number of alkyl halides is 1. The van der Waals surface area contributed by atoms with Crippen LogP contribution in [0.15, 0.2) is 0 Å². The van der Waals surface area contributed by atoms with Gasteiger partial charge in [0.05, 0.1) is 78.1 Å². The maximum absolute atomic E-state index is 5.85. The van der Waals surface area contributed by atoms with Crippen LogP contribution in [0.25, 0.3) is 0 Å². The molecule has 0 unspecified atom stereocenters. The van der Waals surface area contributed by atoms with Crippen molar-refractivity contribution in [3.8, 4) is 0 Å². The average Bonchev–Trinajstić information content (AvgIpc) is 2.72. The second kappa shape index (κ2) is 21.9. The highest BCUT2D eigenvalue weighted by molar-refractivity contribution is 9.09. The quantitative estimate of drug-likeness (QED) is 0.167. The van der Waals surface area contributed by atoms with Crippen LogP contribution in [0.1, 0.15) is 26.7 Å². The lowest BCUT2D eigenvalue weighted by Crippen LogP contribution is -2.40. The zero-order valence-corrected chi connectivity index (χ0v) is 19.6. The lowest BCUT2D eigenvalue weighted by molar-refractivity contribution is -0.0776. The van der Waals surface area contributed by atoms with Crippen molar-refractivity contribution >= 4 is 15.9 Å². The van der Waals surface area contributed by atoms with Gasteiger partial charge in [-0.3, -0.25) is 0 Å². The molecule has 0 aliphatic carbocycles. The van der Waals surface area contributed by atoms with E-state index in [4.69, 9.17) is 33.2 Å². The van der Waals surface area contributed by atoms with E-state index in [2.05, 4.69) is 29.8 Å². The minimum Gasteiger partial charge on any atom is -0.382 e. The summed E-state index contributed by atoms with van der Waals surface area (Å²) in [7, 11) is 1.66. The summed E-state index contributed by atoms with van der Waals surface area (Å²) in [4.78, 5) is 0. The number of methoxy groups -OCH3 is 1. The third-order valence-corrected chi connectivity index (χ3v) is 4.94. The van der Waals surface area contributed by atoms with E-state index in [1.165, 1.54) is 0 Å². The summed E-state index contributed by atoms with van der Waals surface area (Å²) in [5.74, 6) is 0. The van der Waals surface area contributed by atoms with E-state index in [0.717, 1.165) is 31.4 Å². The molecule has 0 bridgehead atoms. The Morgan fingerprint density at radius 1 is 0.536 bits per heavy atom. The minimum atomic E-state index is -0.262.